The fraction of sp³-hybridized carbons (Fsp3) is 0.148. The first kappa shape index (κ1) is 25.1. The van der Waals surface area contributed by atoms with Crippen molar-refractivity contribution in [1.29, 1.82) is 5.26 Å². The molecule has 4 rings (SSSR count). The third-order valence-corrected chi connectivity index (χ3v) is 6.09. The second kappa shape index (κ2) is 11.1. The summed E-state index contributed by atoms with van der Waals surface area (Å²) >= 11 is 2.17. The number of hydrogen-bond acceptors (Lipinski definition) is 6. The smallest absolute Gasteiger partial charge is 0.335 e. The van der Waals surface area contributed by atoms with E-state index in [1.165, 1.54) is 0 Å². The third kappa shape index (κ3) is 5.60. The molecular weight excluding hydrogens is 573 g/mol. The molecule has 182 valence electrons. The summed E-state index contributed by atoms with van der Waals surface area (Å²) in [6, 6.07) is 17.9. The van der Waals surface area contributed by atoms with Crippen molar-refractivity contribution >= 4 is 51.2 Å². The lowest BCUT2D eigenvalue weighted by Crippen LogP contribution is -2.03. The lowest BCUT2D eigenvalue weighted by Gasteiger charge is -2.15. The van der Waals surface area contributed by atoms with E-state index in [2.05, 4.69) is 38.6 Å². The monoisotopic (exact) mass is 595 g/mol. The van der Waals surface area contributed by atoms with E-state index in [0.29, 0.717) is 35.3 Å². The number of methoxy groups -OCH3 is 1. The molecule has 3 aromatic carbocycles. The van der Waals surface area contributed by atoms with Gasteiger partial charge in [0.2, 0.25) is 0 Å². The van der Waals surface area contributed by atoms with Crippen molar-refractivity contribution in [2.24, 2.45) is 0 Å². The summed E-state index contributed by atoms with van der Waals surface area (Å²) in [5, 5.41) is 18.9. The number of ether oxygens (including phenoxy) is 3. The zero-order valence-electron chi connectivity index (χ0n) is 19.5. The van der Waals surface area contributed by atoms with E-state index < -0.39 is 5.97 Å². The normalized spacial score (nSPS) is 11.2. The van der Waals surface area contributed by atoms with Gasteiger partial charge < -0.3 is 24.3 Å². The molecule has 0 saturated heterocycles. The Hall–Kier alpha value is -4.04. The molecule has 4 aromatic rings. The summed E-state index contributed by atoms with van der Waals surface area (Å²) in [5.74, 6) is 1.30. The van der Waals surface area contributed by atoms with Crippen LogP contribution in [0.5, 0.6) is 17.2 Å². The van der Waals surface area contributed by atoms with Gasteiger partial charge in [0.25, 0.3) is 0 Å². The Balaban J connectivity index is 1.62. The van der Waals surface area contributed by atoms with Crippen molar-refractivity contribution in [2.75, 3.05) is 13.7 Å². The number of hydrogen-bond donors (Lipinski definition) is 2. The van der Waals surface area contributed by atoms with Crippen molar-refractivity contribution < 1.29 is 24.1 Å². The minimum atomic E-state index is -0.974. The Bertz CT molecular complexity index is 1490. The van der Waals surface area contributed by atoms with Crippen LogP contribution in [0.15, 0.2) is 54.6 Å². The maximum absolute atomic E-state index is 11.1. The first-order chi connectivity index (χ1) is 17.4. The summed E-state index contributed by atoms with van der Waals surface area (Å²) in [7, 11) is 1.60. The van der Waals surface area contributed by atoms with E-state index in [9.17, 15) is 10.1 Å². The average Bonchev–Trinajstić information content (AvgIpc) is 3.30. The minimum absolute atomic E-state index is 0.219. The highest BCUT2D eigenvalue weighted by atomic mass is 127. The molecule has 0 unspecified atom stereocenters. The number of benzene rings is 3. The molecule has 0 amide bonds. The highest BCUT2D eigenvalue weighted by Crippen LogP contribution is 2.36. The fourth-order valence-electron chi connectivity index (χ4n) is 3.54. The van der Waals surface area contributed by atoms with Crippen LogP contribution < -0.4 is 14.2 Å². The predicted octanol–water partition coefficient (Wildman–Crippen LogP) is 5.92. The summed E-state index contributed by atoms with van der Waals surface area (Å²) in [5.41, 5.74) is 3.69. The van der Waals surface area contributed by atoms with E-state index >= 15 is 0 Å². The molecule has 9 heteroatoms. The Morgan fingerprint density at radius 3 is 2.61 bits per heavy atom. The van der Waals surface area contributed by atoms with Crippen LogP contribution in [0.2, 0.25) is 0 Å². The average molecular weight is 595 g/mol. The van der Waals surface area contributed by atoms with Crippen molar-refractivity contribution in [3.05, 3.63) is 80.7 Å². The van der Waals surface area contributed by atoms with E-state index in [1.807, 2.05) is 37.3 Å². The van der Waals surface area contributed by atoms with Crippen LogP contribution in [0, 0.1) is 14.9 Å². The minimum Gasteiger partial charge on any atom is -0.497 e. The lowest BCUT2D eigenvalue weighted by atomic mass is 10.1. The number of carboxylic acids is 1. The molecule has 0 aliphatic carbocycles. The molecule has 0 bridgehead atoms. The molecule has 36 heavy (non-hydrogen) atoms. The molecule has 0 fully saturated rings. The third-order valence-electron chi connectivity index (χ3n) is 5.29. The molecule has 0 spiro atoms. The van der Waals surface area contributed by atoms with Crippen LogP contribution in [-0.4, -0.2) is 34.8 Å². The van der Waals surface area contributed by atoms with Gasteiger partial charge in [-0.05, 0) is 83.1 Å². The number of carbonyl (C=O) groups is 1. The van der Waals surface area contributed by atoms with Gasteiger partial charge >= 0.3 is 5.97 Å². The predicted molar refractivity (Wildman–Crippen MR) is 144 cm³/mol. The largest absolute Gasteiger partial charge is 0.497 e. The molecule has 1 aromatic heterocycles. The molecule has 0 aliphatic heterocycles. The number of halogens is 1. The van der Waals surface area contributed by atoms with E-state index in [-0.39, 0.29) is 12.2 Å². The molecule has 0 radical (unpaired) electrons. The van der Waals surface area contributed by atoms with E-state index in [1.54, 1.807) is 37.5 Å². The highest BCUT2D eigenvalue weighted by molar-refractivity contribution is 14.1. The number of carboxylic acid groups (broad SMARTS) is 1. The SMILES string of the molecule is CCOc1cc(/C=C(/C#N)c2nc3ccc(OC)cc3[nH]2)cc(I)c1OCc1ccc(C(=O)O)cc1. The molecular formula is C27H22IN3O5. The number of aromatic amines is 1. The van der Waals surface area contributed by atoms with Crippen LogP contribution in [0.3, 0.4) is 0 Å². The lowest BCUT2D eigenvalue weighted by molar-refractivity contribution is 0.0697. The van der Waals surface area contributed by atoms with Crippen molar-refractivity contribution in [2.45, 2.75) is 13.5 Å². The molecule has 1 heterocycles. The van der Waals surface area contributed by atoms with Crippen LogP contribution >= 0.6 is 22.6 Å². The second-order valence-electron chi connectivity index (χ2n) is 7.69. The van der Waals surface area contributed by atoms with Gasteiger partial charge in [0.1, 0.15) is 24.3 Å². The standard InChI is InChI=1S/C27H22IN3O5/c1-3-35-24-12-17(10-19(14-29)26-30-22-9-8-20(34-2)13-23(22)31-26)11-21(28)25(24)36-15-16-4-6-18(7-5-16)27(32)33/h4-13H,3,15H2,1-2H3,(H,30,31)(H,32,33)/b19-10-. The Labute approximate surface area is 221 Å². The number of allylic oxidation sites excluding steroid dienone is 1. The molecule has 0 atom stereocenters. The number of aromatic nitrogens is 2. The number of nitrogens with zero attached hydrogens (tertiary/aromatic N) is 2. The van der Waals surface area contributed by atoms with E-state index in [4.69, 9.17) is 19.3 Å². The molecule has 2 N–H and O–H groups in total. The molecule has 0 saturated carbocycles. The topological polar surface area (TPSA) is 117 Å². The van der Waals surface area contributed by atoms with Gasteiger partial charge in [0, 0.05) is 6.07 Å². The van der Waals surface area contributed by atoms with Gasteiger partial charge in [0.15, 0.2) is 11.5 Å². The van der Waals surface area contributed by atoms with Crippen LogP contribution in [0.4, 0.5) is 0 Å². The van der Waals surface area contributed by atoms with Crippen LogP contribution in [0.25, 0.3) is 22.7 Å². The van der Waals surface area contributed by atoms with E-state index in [0.717, 1.165) is 25.7 Å². The van der Waals surface area contributed by atoms with Gasteiger partial charge in [-0.15, -0.1) is 0 Å². The summed E-state index contributed by atoms with van der Waals surface area (Å²) in [4.78, 5) is 18.8. The van der Waals surface area contributed by atoms with Gasteiger partial charge in [-0.1, -0.05) is 12.1 Å². The maximum atomic E-state index is 11.1. The van der Waals surface area contributed by atoms with Crippen molar-refractivity contribution in [1.82, 2.24) is 9.97 Å². The summed E-state index contributed by atoms with van der Waals surface area (Å²) in [6.45, 7) is 2.56. The Morgan fingerprint density at radius 1 is 1.17 bits per heavy atom. The number of nitriles is 1. The zero-order chi connectivity index (χ0) is 25.7. The molecule has 8 nitrogen and oxygen atoms in total. The van der Waals surface area contributed by atoms with Gasteiger partial charge in [-0.3, -0.25) is 0 Å². The number of nitrogens with one attached hydrogen (secondary N) is 1. The van der Waals surface area contributed by atoms with Crippen molar-refractivity contribution in [3.8, 4) is 23.3 Å². The highest BCUT2D eigenvalue weighted by Gasteiger charge is 2.14. The van der Waals surface area contributed by atoms with Gasteiger partial charge in [-0.2, -0.15) is 5.26 Å². The number of aromatic carboxylic acids is 1. The number of imidazole rings is 1. The summed E-state index contributed by atoms with van der Waals surface area (Å²) < 4.78 is 17.9. The van der Waals surface area contributed by atoms with Crippen molar-refractivity contribution in [3.63, 3.8) is 0 Å². The number of H-pyrrole nitrogens is 1. The molecule has 0 aliphatic rings. The number of fused-ring (bicyclic) bond motifs is 1. The Kier molecular flexibility index (Phi) is 7.75. The number of rotatable bonds is 9. The second-order valence-corrected chi connectivity index (χ2v) is 8.85. The fourth-order valence-corrected chi connectivity index (χ4v) is 4.32. The van der Waals surface area contributed by atoms with Gasteiger partial charge in [-0.25, -0.2) is 9.78 Å². The quantitative estimate of drug-likeness (QED) is 0.182. The van der Waals surface area contributed by atoms with Crippen LogP contribution in [0.1, 0.15) is 34.2 Å². The Morgan fingerprint density at radius 2 is 1.94 bits per heavy atom. The first-order valence-corrected chi connectivity index (χ1v) is 12.1. The first-order valence-electron chi connectivity index (χ1n) is 11.0. The maximum Gasteiger partial charge on any atom is 0.335 e. The zero-order valence-corrected chi connectivity index (χ0v) is 21.7. The summed E-state index contributed by atoms with van der Waals surface area (Å²) in [6.07, 6.45) is 1.74. The van der Waals surface area contributed by atoms with Crippen LogP contribution in [-0.2, 0) is 6.61 Å². The van der Waals surface area contributed by atoms with Gasteiger partial charge in [0.05, 0.1) is 39.5 Å².